The summed E-state index contributed by atoms with van der Waals surface area (Å²) < 4.78 is 28.1. The molecular formula is C20H23N3O5S. The van der Waals surface area contributed by atoms with Crippen molar-refractivity contribution >= 4 is 27.5 Å². The molecule has 1 heterocycles. The van der Waals surface area contributed by atoms with E-state index in [1.807, 2.05) is 24.3 Å². The Balaban J connectivity index is 1.54. The predicted molar refractivity (Wildman–Crippen MR) is 110 cm³/mol. The summed E-state index contributed by atoms with van der Waals surface area (Å²) in [4.78, 5) is 24.5. The van der Waals surface area contributed by atoms with Gasteiger partial charge in [-0.05, 0) is 42.3 Å². The number of ether oxygens (including phenoxy) is 1. The van der Waals surface area contributed by atoms with E-state index in [2.05, 4.69) is 16.0 Å². The summed E-state index contributed by atoms with van der Waals surface area (Å²) >= 11 is 0. The van der Waals surface area contributed by atoms with Gasteiger partial charge >= 0.3 is 6.03 Å². The standard InChI is InChI=1S/C20H23N3O5S/c1-28-18-7-5-14(6-8-18)12-21-19(24)15-3-2-4-16(11-15)22-20(25)23-17-9-10-29(26,27)13-17/h2-8,11,17H,9-10,12-13H2,1H3,(H,21,24)(H2,22,23,25). The van der Waals surface area contributed by atoms with E-state index in [0.29, 0.717) is 24.2 Å². The van der Waals surface area contributed by atoms with Gasteiger partial charge in [0.25, 0.3) is 5.91 Å². The maximum Gasteiger partial charge on any atom is 0.319 e. The van der Waals surface area contributed by atoms with Crippen molar-refractivity contribution in [2.75, 3.05) is 23.9 Å². The number of nitrogens with one attached hydrogen (secondary N) is 3. The molecule has 154 valence electrons. The van der Waals surface area contributed by atoms with E-state index in [1.54, 1.807) is 31.4 Å². The molecule has 8 nitrogen and oxygen atoms in total. The van der Waals surface area contributed by atoms with Crippen LogP contribution in [0.25, 0.3) is 0 Å². The van der Waals surface area contributed by atoms with Crippen molar-refractivity contribution in [1.82, 2.24) is 10.6 Å². The molecule has 2 aromatic carbocycles. The normalized spacial score (nSPS) is 17.3. The van der Waals surface area contributed by atoms with Crippen molar-refractivity contribution in [3.63, 3.8) is 0 Å². The van der Waals surface area contributed by atoms with Gasteiger partial charge in [-0.15, -0.1) is 0 Å². The topological polar surface area (TPSA) is 114 Å². The largest absolute Gasteiger partial charge is 0.497 e. The van der Waals surface area contributed by atoms with Gasteiger partial charge in [0.05, 0.1) is 18.6 Å². The quantitative estimate of drug-likeness (QED) is 0.665. The predicted octanol–water partition coefficient (Wildman–Crippen LogP) is 1.93. The lowest BCUT2D eigenvalue weighted by molar-refractivity contribution is 0.0951. The van der Waals surface area contributed by atoms with Crippen LogP contribution in [0.3, 0.4) is 0 Å². The van der Waals surface area contributed by atoms with Gasteiger partial charge in [0.15, 0.2) is 9.84 Å². The van der Waals surface area contributed by atoms with Gasteiger partial charge in [-0.3, -0.25) is 4.79 Å². The molecule has 3 rings (SSSR count). The number of rotatable bonds is 6. The fourth-order valence-electron chi connectivity index (χ4n) is 3.03. The highest BCUT2D eigenvalue weighted by molar-refractivity contribution is 7.91. The molecule has 1 atom stereocenters. The van der Waals surface area contributed by atoms with Gasteiger partial charge in [-0.2, -0.15) is 0 Å². The van der Waals surface area contributed by atoms with Crippen molar-refractivity contribution in [2.24, 2.45) is 0 Å². The molecule has 0 spiro atoms. The second-order valence-electron chi connectivity index (χ2n) is 6.81. The number of benzene rings is 2. The molecule has 0 aliphatic carbocycles. The number of anilines is 1. The molecule has 1 fully saturated rings. The van der Waals surface area contributed by atoms with Crippen LogP contribution in [0.5, 0.6) is 5.75 Å². The minimum absolute atomic E-state index is 0.0474. The van der Waals surface area contributed by atoms with Crippen LogP contribution in [-0.2, 0) is 16.4 Å². The molecule has 0 aromatic heterocycles. The molecule has 9 heteroatoms. The zero-order valence-electron chi connectivity index (χ0n) is 16.0. The summed E-state index contributed by atoms with van der Waals surface area (Å²) in [5, 5.41) is 8.11. The molecule has 29 heavy (non-hydrogen) atoms. The summed E-state index contributed by atoms with van der Waals surface area (Å²) in [6, 6.07) is 13.0. The number of carbonyl (C=O) groups is 2. The third-order valence-electron chi connectivity index (χ3n) is 4.56. The van der Waals surface area contributed by atoms with Gasteiger partial charge < -0.3 is 20.7 Å². The zero-order chi connectivity index (χ0) is 20.9. The van der Waals surface area contributed by atoms with Crippen LogP contribution in [0.4, 0.5) is 10.5 Å². The lowest BCUT2D eigenvalue weighted by atomic mass is 10.1. The average Bonchev–Trinajstić information content (AvgIpc) is 3.04. The number of methoxy groups -OCH3 is 1. The molecule has 1 saturated heterocycles. The van der Waals surface area contributed by atoms with E-state index in [1.165, 1.54) is 0 Å². The minimum atomic E-state index is -3.07. The van der Waals surface area contributed by atoms with E-state index in [9.17, 15) is 18.0 Å². The van der Waals surface area contributed by atoms with E-state index in [4.69, 9.17) is 4.74 Å². The molecule has 1 aliphatic rings. The Hall–Kier alpha value is -3.07. The van der Waals surface area contributed by atoms with Crippen LogP contribution in [0, 0.1) is 0 Å². The first-order valence-corrected chi connectivity index (χ1v) is 11.0. The van der Waals surface area contributed by atoms with E-state index in [0.717, 1.165) is 11.3 Å². The number of hydrogen-bond acceptors (Lipinski definition) is 5. The molecule has 2 aromatic rings. The lowest BCUT2D eigenvalue weighted by Crippen LogP contribution is -2.38. The highest BCUT2D eigenvalue weighted by Crippen LogP contribution is 2.14. The summed E-state index contributed by atoms with van der Waals surface area (Å²) in [7, 11) is -1.48. The third-order valence-corrected chi connectivity index (χ3v) is 6.33. The highest BCUT2D eigenvalue weighted by Gasteiger charge is 2.28. The average molecular weight is 417 g/mol. The summed E-state index contributed by atoms with van der Waals surface area (Å²) in [5.74, 6) is 0.509. The lowest BCUT2D eigenvalue weighted by Gasteiger charge is -2.13. The number of hydrogen-bond donors (Lipinski definition) is 3. The first-order chi connectivity index (χ1) is 13.8. The molecule has 0 saturated carbocycles. The summed E-state index contributed by atoms with van der Waals surface area (Å²) in [6.07, 6.45) is 0.406. The van der Waals surface area contributed by atoms with Gasteiger partial charge in [0, 0.05) is 23.8 Å². The number of urea groups is 1. The first kappa shape index (κ1) is 20.7. The molecule has 3 amide bonds. The van der Waals surface area contributed by atoms with Crippen molar-refractivity contribution < 1.29 is 22.7 Å². The van der Waals surface area contributed by atoms with E-state index >= 15 is 0 Å². The van der Waals surface area contributed by atoms with Crippen LogP contribution < -0.4 is 20.7 Å². The van der Waals surface area contributed by atoms with Crippen molar-refractivity contribution in [3.8, 4) is 5.75 Å². The Morgan fingerprint density at radius 1 is 1.14 bits per heavy atom. The fraction of sp³-hybridized carbons (Fsp3) is 0.300. The van der Waals surface area contributed by atoms with Gasteiger partial charge in [-0.1, -0.05) is 18.2 Å². The van der Waals surface area contributed by atoms with Crippen LogP contribution in [-0.4, -0.2) is 45.0 Å². The maximum atomic E-state index is 12.4. The maximum absolute atomic E-state index is 12.4. The van der Waals surface area contributed by atoms with Crippen molar-refractivity contribution in [1.29, 1.82) is 0 Å². The van der Waals surface area contributed by atoms with Crippen molar-refractivity contribution in [3.05, 3.63) is 59.7 Å². The molecule has 1 unspecified atom stereocenters. The zero-order valence-corrected chi connectivity index (χ0v) is 16.8. The van der Waals surface area contributed by atoms with Crippen LogP contribution in [0.2, 0.25) is 0 Å². The van der Waals surface area contributed by atoms with Crippen LogP contribution in [0.15, 0.2) is 48.5 Å². The highest BCUT2D eigenvalue weighted by atomic mass is 32.2. The monoisotopic (exact) mass is 417 g/mol. The smallest absolute Gasteiger partial charge is 0.319 e. The van der Waals surface area contributed by atoms with E-state index < -0.39 is 21.9 Å². The Morgan fingerprint density at radius 3 is 2.55 bits per heavy atom. The number of sulfone groups is 1. The Kier molecular flexibility index (Phi) is 6.38. The molecule has 0 radical (unpaired) electrons. The number of amides is 3. The SMILES string of the molecule is COc1ccc(CNC(=O)c2cccc(NC(=O)NC3CCS(=O)(=O)C3)c2)cc1. The second kappa shape index (κ2) is 8.95. The first-order valence-electron chi connectivity index (χ1n) is 9.14. The Morgan fingerprint density at radius 2 is 1.90 bits per heavy atom. The Bertz CT molecular complexity index is 989. The summed E-state index contributed by atoms with van der Waals surface area (Å²) in [5.41, 5.74) is 1.78. The van der Waals surface area contributed by atoms with Crippen LogP contribution in [0.1, 0.15) is 22.3 Å². The van der Waals surface area contributed by atoms with Crippen LogP contribution >= 0.6 is 0 Å². The van der Waals surface area contributed by atoms with Gasteiger partial charge in [-0.25, -0.2) is 13.2 Å². The van der Waals surface area contributed by atoms with Crippen molar-refractivity contribution in [2.45, 2.75) is 19.0 Å². The third kappa shape index (κ3) is 5.95. The molecule has 3 N–H and O–H groups in total. The van der Waals surface area contributed by atoms with Gasteiger partial charge in [0.2, 0.25) is 0 Å². The minimum Gasteiger partial charge on any atom is -0.497 e. The summed E-state index contributed by atoms with van der Waals surface area (Å²) in [6.45, 7) is 0.358. The molecular weight excluding hydrogens is 394 g/mol. The number of carbonyl (C=O) groups excluding carboxylic acids is 2. The Labute approximate surface area is 169 Å². The molecule has 1 aliphatic heterocycles. The molecule has 0 bridgehead atoms. The van der Waals surface area contributed by atoms with E-state index in [-0.39, 0.29) is 17.4 Å². The fourth-order valence-corrected chi connectivity index (χ4v) is 4.70. The second-order valence-corrected chi connectivity index (χ2v) is 9.04. The van der Waals surface area contributed by atoms with Gasteiger partial charge in [0.1, 0.15) is 5.75 Å².